The lowest BCUT2D eigenvalue weighted by Crippen LogP contribution is -2.16. The van der Waals surface area contributed by atoms with Crippen LogP contribution in [0.25, 0.3) is 29.9 Å². The zero-order chi connectivity index (χ0) is 30.7. The Labute approximate surface area is 252 Å². The Morgan fingerprint density at radius 3 is 2.37 bits per heavy atom. The number of aromatic nitrogens is 3. The van der Waals surface area contributed by atoms with Crippen molar-refractivity contribution in [3.8, 4) is 0 Å². The van der Waals surface area contributed by atoms with E-state index in [0.717, 1.165) is 79.1 Å². The summed E-state index contributed by atoms with van der Waals surface area (Å²) < 4.78 is 5.29. The van der Waals surface area contributed by atoms with Crippen molar-refractivity contribution in [2.45, 2.75) is 67.7 Å². The summed E-state index contributed by atoms with van der Waals surface area (Å²) in [6, 6.07) is 0. The van der Waals surface area contributed by atoms with E-state index >= 15 is 0 Å². The molecule has 3 atom stereocenters. The van der Waals surface area contributed by atoms with Gasteiger partial charge in [0.25, 0.3) is 0 Å². The minimum absolute atomic E-state index is 0.0265. The third-order valence-electron chi connectivity index (χ3n) is 9.88. The minimum atomic E-state index is -0.293. The number of rotatable bonds is 6. The van der Waals surface area contributed by atoms with Crippen LogP contribution in [-0.2, 0) is 16.0 Å². The minimum Gasteiger partial charge on any atom is -0.466 e. The molecular formula is C36H42N4O3. The fourth-order valence-electron chi connectivity index (χ4n) is 7.38. The number of nitrogens with one attached hydrogen (secondary N) is 4. The lowest BCUT2D eigenvalue weighted by Gasteiger charge is -2.19. The Bertz CT molecular complexity index is 1870. The van der Waals surface area contributed by atoms with Crippen LogP contribution >= 0.6 is 0 Å². The first-order valence-electron chi connectivity index (χ1n) is 15.5. The summed E-state index contributed by atoms with van der Waals surface area (Å²) in [4.78, 5) is 37.3. The molecule has 7 nitrogen and oxygen atoms in total. The van der Waals surface area contributed by atoms with E-state index in [9.17, 15) is 9.59 Å². The van der Waals surface area contributed by atoms with E-state index < -0.39 is 0 Å². The highest BCUT2D eigenvalue weighted by Gasteiger charge is 2.43. The molecule has 8 bridgehead atoms. The van der Waals surface area contributed by atoms with E-state index in [0.29, 0.717) is 19.4 Å². The SMILES string of the molecule is C=Cc1c2[nH]c(c1C)/C=C1\N/C(=C3\c4[nH]c(c(C)c4C(=O)[C@@H]3C)/C=c3\[nH]/c(c(C)c3CC)=C\2)[C@@H](CCC(=O)OCC)[C@@H]1C. The maximum atomic E-state index is 13.8. The molecule has 3 aromatic rings. The van der Waals surface area contributed by atoms with E-state index in [1.165, 1.54) is 11.1 Å². The largest absolute Gasteiger partial charge is 0.466 e. The highest BCUT2D eigenvalue weighted by Crippen LogP contribution is 2.47. The Kier molecular flexibility index (Phi) is 7.23. The van der Waals surface area contributed by atoms with E-state index in [1.54, 1.807) is 0 Å². The first-order chi connectivity index (χ1) is 20.6. The van der Waals surface area contributed by atoms with Gasteiger partial charge in [0.1, 0.15) is 0 Å². The van der Waals surface area contributed by atoms with Crippen molar-refractivity contribution in [1.29, 1.82) is 0 Å². The number of ether oxygens (including phenoxy) is 1. The summed E-state index contributed by atoms with van der Waals surface area (Å²) in [6.45, 7) is 19.0. The summed E-state index contributed by atoms with van der Waals surface area (Å²) in [5.74, 6) is -0.224. The van der Waals surface area contributed by atoms with Gasteiger partial charge in [0, 0.05) is 80.0 Å². The van der Waals surface area contributed by atoms with Gasteiger partial charge in [-0.25, -0.2) is 0 Å². The molecule has 3 aromatic heterocycles. The van der Waals surface area contributed by atoms with Gasteiger partial charge in [-0.3, -0.25) is 9.59 Å². The second kappa shape index (κ2) is 10.8. The van der Waals surface area contributed by atoms with Gasteiger partial charge in [0.15, 0.2) is 5.78 Å². The van der Waals surface area contributed by atoms with Crippen molar-refractivity contribution in [3.63, 3.8) is 0 Å². The number of H-pyrrole nitrogens is 3. The topological polar surface area (TPSA) is 103 Å². The highest BCUT2D eigenvalue weighted by molar-refractivity contribution is 6.15. The van der Waals surface area contributed by atoms with Crippen LogP contribution in [0.15, 0.2) is 18.0 Å². The predicted octanol–water partition coefficient (Wildman–Crippen LogP) is 5.56. The highest BCUT2D eigenvalue weighted by atomic mass is 16.5. The van der Waals surface area contributed by atoms with E-state index in [1.807, 2.05) is 26.8 Å². The molecule has 0 unspecified atom stereocenters. The first kappa shape index (κ1) is 28.8. The standard InChI is InChI=1S/C36H42N4O3/c1-9-22-17(4)25-14-27-19(6)24(12-13-31(41)43-11-3)34(39-27)32-21(8)36(42)33-20(7)28(40-35(32)33)16-30-23(10-2)18(5)26(38-30)15-29(22)37-25/h9,14-16,19,21,24,37-40H,1,10-13H2,2-8H3/b26-15-,27-14-,30-16-,34-32-/t19-,21+,24-/m0/s1. The number of allylic oxidation sites excluding steroid dienone is 3. The number of hydrogen-bond donors (Lipinski definition) is 4. The Morgan fingerprint density at radius 2 is 1.67 bits per heavy atom. The lowest BCUT2D eigenvalue weighted by molar-refractivity contribution is -0.143. The maximum Gasteiger partial charge on any atom is 0.305 e. The number of fused-ring (bicyclic) bond motifs is 7. The van der Waals surface area contributed by atoms with Crippen molar-refractivity contribution < 1.29 is 14.3 Å². The molecule has 43 heavy (non-hydrogen) atoms. The second-order valence-corrected chi connectivity index (χ2v) is 12.2. The second-order valence-electron chi connectivity index (χ2n) is 12.2. The molecule has 0 saturated carbocycles. The van der Waals surface area contributed by atoms with Crippen molar-refractivity contribution in [1.82, 2.24) is 20.3 Å². The lowest BCUT2D eigenvalue weighted by atomic mass is 9.85. The smallest absolute Gasteiger partial charge is 0.305 e. The zero-order valence-electron chi connectivity index (χ0n) is 26.3. The fraction of sp³-hybridized carbons (Fsp3) is 0.389. The van der Waals surface area contributed by atoms with Crippen LogP contribution in [-0.4, -0.2) is 33.3 Å². The Balaban J connectivity index is 1.66. The molecule has 2 aliphatic heterocycles. The van der Waals surface area contributed by atoms with Gasteiger partial charge in [-0.15, -0.1) is 0 Å². The average molecular weight is 579 g/mol. The molecule has 0 spiro atoms. The van der Waals surface area contributed by atoms with Crippen LogP contribution in [0.1, 0.15) is 101 Å². The quantitative estimate of drug-likeness (QED) is 0.288. The molecule has 0 aromatic carbocycles. The summed E-state index contributed by atoms with van der Waals surface area (Å²) in [7, 11) is 0. The molecule has 1 fully saturated rings. The normalized spacial score (nSPS) is 25.0. The van der Waals surface area contributed by atoms with Crippen molar-refractivity contribution in [2.75, 3.05) is 6.61 Å². The van der Waals surface area contributed by atoms with Gasteiger partial charge in [0.2, 0.25) is 0 Å². The van der Waals surface area contributed by atoms with E-state index in [4.69, 9.17) is 4.74 Å². The fourth-order valence-corrected chi connectivity index (χ4v) is 7.38. The van der Waals surface area contributed by atoms with Gasteiger partial charge in [-0.2, -0.15) is 0 Å². The number of carbonyl (C=O) groups excluding carboxylic acids is 2. The van der Waals surface area contributed by atoms with Crippen LogP contribution in [0.4, 0.5) is 0 Å². The van der Waals surface area contributed by atoms with Crippen molar-refractivity contribution in [2.24, 2.45) is 17.8 Å². The monoisotopic (exact) mass is 578 g/mol. The van der Waals surface area contributed by atoms with Crippen LogP contribution in [0.5, 0.6) is 0 Å². The predicted molar refractivity (Wildman–Crippen MR) is 172 cm³/mol. The van der Waals surface area contributed by atoms with E-state index in [-0.39, 0.29) is 29.5 Å². The molecular weight excluding hydrogens is 536 g/mol. The Hall–Kier alpha value is -4.26. The average Bonchev–Trinajstić information content (AvgIpc) is 3.70. The molecule has 6 rings (SSSR count). The molecule has 5 heterocycles. The van der Waals surface area contributed by atoms with Crippen molar-refractivity contribution >= 4 is 41.6 Å². The molecule has 224 valence electrons. The molecule has 1 saturated heterocycles. The molecule has 1 aliphatic carbocycles. The summed E-state index contributed by atoms with van der Waals surface area (Å²) in [5, 5.41) is 5.86. The van der Waals surface area contributed by atoms with Gasteiger partial charge in [-0.05, 0) is 81.0 Å². The molecule has 4 N–H and O–H groups in total. The molecule has 7 heteroatoms. The number of carbonyl (C=O) groups is 2. The number of ketones is 1. The maximum absolute atomic E-state index is 13.8. The number of hydrogen-bond acceptors (Lipinski definition) is 4. The number of esters is 1. The van der Waals surface area contributed by atoms with Crippen LogP contribution in [0.2, 0.25) is 0 Å². The van der Waals surface area contributed by atoms with Gasteiger partial charge < -0.3 is 25.0 Å². The van der Waals surface area contributed by atoms with Crippen molar-refractivity contribution in [3.05, 3.63) is 84.8 Å². The van der Waals surface area contributed by atoms with Gasteiger partial charge >= 0.3 is 5.97 Å². The number of aromatic amines is 3. The summed E-state index contributed by atoms with van der Waals surface area (Å²) in [5.41, 5.74) is 13.3. The summed E-state index contributed by atoms with van der Waals surface area (Å²) >= 11 is 0. The molecule has 3 aliphatic rings. The Morgan fingerprint density at radius 1 is 0.953 bits per heavy atom. The van der Waals surface area contributed by atoms with Crippen LogP contribution in [0.3, 0.4) is 0 Å². The third kappa shape index (κ3) is 4.48. The molecule has 0 radical (unpaired) electrons. The van der Waals surface area contributed by atoms with Gasteiger partial charge in [0.05, 0.1) is 12.3 Å². The zero-order valence-corrected chi connectivity index (χ0v) is 26.3. The first-order valence-corrected chi connectivity index (χ1v) is 15.5. The van der Waals surface area contributed by atoms with Gasteiger partial charge in [-0.1, -0.05) is 33.4 Å². The third-order valence-corrected chi connectivity index (χ3v) is 9.88. The van der Waals surface area contributed by atoms with E-state index in [2.05, 4.69) is 72.8 Å². The van der Waals surface area contributed by atoms with Crippen LogP contribution < -0.4 is 16.0 Å². The molecule has 0 amide bonds. The summed E-state index contributed by atoms with van der Waals surface area (Å²) in [6.07, 6.45) is 10.3. The number of Topliss-reactive ketones (excluding diaryl/α,β-unsaturated/α-hetero) is 1. The van der Waals surface area contributed by atoms with Crippen LogP contribution in [0, 0.1) is 38.5 Å².